The highest BCUT2D eigenvalue weighted by Gasteiger charge is 2.04. The number of rotatable bonds is 5. The molecular formula is C11H15N7O. The lowest BCUT2D eigenvalue weighted by atomic mass is 10.3. The van der Waals surface area contributed by atoms with E-state index in [4.69, 9.17) is 16.4 Å². The Balaban J connectivity index is 2.26. The Morgan fingerprint density at radius 1 is 1.05 bits per heavy atom. The molecule has 0 aliphatic heterocycles. The van der Waals surface area contributed by atoms with Crippen LogP contribution in [-0.2, 0) is 0 Å². The summed E-state index contributed by atoms with van der Waals surface area (Å²) >= 11 is 0. The second kappa shape index (κ2) is 5.85. The monoisotopic (exact) mass is 261 g/mol. The molecule has 1 aromatic heterocycles. The van der Waals surface area contributed by atoms with E-state index in [9.17, 15) is 0 Å². The van der Waals surface area contributed by atoms with Gasteiger partial charge in [0.05, 0.1) is 7.11 Å². The molecule has 0 bridgehead atoms. The molecule has 1 aromatic carbocycles. The molecule has 2 aromatic rings. The van der Waals surface area contributed by atoms with Gasteiger partial charge in [-0.05, 0) is 12.1 Å². The number of benzene rings is 1. The maximum absolute atomic E-state index is 5.32. The minimum atomic E-state index is 0.358. The lowest BCUT2D eigenvalue weighted by Crippen LogP contribution is -2.14. The molecule has 0 atom stereocenters. The van der Waals surface area contributed by atoms with Crippen molar-refractivity contribution in [2.24, 2.45) is 11.7 Å². The van der Waals surface area contributed by atoms with Crippen molar-refractivity contribution in [3.05, 3.63) is 30.3 Å². The van der Waals surface area contributed by atoms with Crippen LogP contribution < -0.4 is 32.6 Å². The highest BCUT2D eigenvalue weighted by Crippen LogP contribution is 2.21. The van der Waals surface area contributed by atoms with Gasteiger partial charge in [-0.15, -0.1) is 0 Å². The topological polar surface area (TPSA) is 123 Å². The van der Waals surface area contributed by atoms with E-state index >= 15 is 0 Å². The zero-order chi connectivity index (χ0) is 13.7. The average Bonchev–Trinajstić information content (AvgIpc) is 2.47. The number of methoxy groups -OCH3 is 1. The van der Waals surface area contributed by atoms with Crippen LogP contribution in [0, 0.1) is 0 Å². The predicted octanol–water partition coefficient (Wildman–Crippen LogP) is 0.800. The molecule has 0 amide bonds. The van der Waals surface area contributed by atoms with Crippen molar-refractivity contribution in [1.29, 1.82) is 0 Å². The molecule has 0 saturated carbocycles. The zero-order valence-corrected chi connectivity index (χ0v) is 10.3. The van der Waals surface area contributed by atoms with Gasteiger partial charge in [-0.3, -0.25) is 0 Å². The number of ether oxygens (including phenoxy) is 1. The van der Waals surface area contributed by atoms with Crippen LogP contribution in [0.25, 0.3) is 0 Å². The van der Waals surface area contributed by atoms with Gasteiger partial charge in [0.2, 0.25) is 5.95 Å². The number of nitrogens with one attached hydrogen (secondary N) is 3. The largest absolute Gasteiger partial charge is 0.497 e. The van der Waals surface area contributed by atoms with Gasteiger partial charge in [0.25, 0.3) is 0 Å². The van der Waals surface area contributed by atoms with Crippen LogP contribution >= 0.6 is 0 Å². The fourth-order valence-electron chi connectivity index (χ4n) is 1.48. The molecule has 8 nitrogen and oxygen atoms in total. The van der Waals surface area contributed by atoms with E-state index in [-0.39, 0.29) is 0 Å². The number of hydrazine groups is 2. The number of anilines is 4. The van der Waals surface area contributed by atoms with E-state index in [1.54, 1.807) is 13.2 Å². The van der Waals surface area contributed by atoms with Crippen LogP contribution in [-0.4, -0.2) is 17.1 Å². The van der Waals surface area contributed by atoms with Gasteiger partial charge in [-0.2, -0.15) is 9.97 Å². The highest BCUT2D eigenvalue weighted by atomic mass is 16.5. The SMILES string of the molecule is COc1cccc(Nc2nc(NN)cc(NN)n2)c1. The van der Waals surface area contributed by atoms with Crippen molar-refractivity contribution >= 4 is 23.3 Å². The fraction of sp³-hybridized carbons (Fsp3) is 0.0909. The molecule has 0 unspecified atom stereocenters. The first-order valence-electron chi connectivity index (χ1n) is 5.48. The van der Waals surface area contributed by atoms with Gasteiger partial charge in [0.15, 0.2) is 0 Å². The Morgan fingerprint density at radius 3 is 2.32 bits per heavy atom. The number of hydrogen-bond acceptors (Lipinski definition) is 8. The van der Waals surface area contributed by atoms with E-state index in [2.05, 4.69) is 26.1 Å². The first-order valence-corrected chi connectivity index (χ1v) is 5.48. The minimum Gasteiger partial charge on any atom is -0.497 e. The normalized spacial score (nSPS) is 9.84. The maximum atomic E-state index is 5.32. The van der Waals surface area contributed by atoms with Crippen LogP contribution in [0.2, 0.25) is 0 Å². The molecule has 0 fully saturated rings. The van der Waals surface area contributed by atoms with E-state index in [0.717, 1.165) is 11.4 Å². The smallest absolute Gasteiger partial charge is 0.231 e. The average molecular weight is 261 g/mol. The summed E-state index contributed by atoms with van der Waals surface area (Å²) < 4.78 is 5.14. The molecule has 0 spiro atoms. The number of nitrogens with zero attached hydrogens (tertiary/aromatic N) is 2. The Labute approximate surface area is 110 Å². The van der Waals surface area contributed by atoms with Gasteiger partial charge in [0, 0.05) is 17.8 Å². The molecule has 0 radical (unpaired) electrons. The molecule has 0 saturated heterocycles. The van der Waals surface area contributed by atoms with Crippen LogP contribution in [0.5, 0.6) is 5.75 Å². The zero-order valence-electron chi connectivity index (χ0n) is 10.3. The second-order valence-corrected chi connectivity index (χ2v) is 3.61. The molecule has 8 heteroatoms. The Bertz CT molecular complexity index is 538. The third kappa shape index (κ3) is 3.21. The van der Waals surface area contributed by atoms with E-state index in [1.165, 1.54) is 0 Å². The van der Waals surface area contributed by atoms with Crippen LogP contribution in [0.4, 0.5) is 23.3 Å². The summed E-state index contributed by atoms with van der Waals surface area (Å²) in [5, 5.41) is 3.03. The number of nitrogen functional groups attached to an aromatic ring is 2. The van der Waals surface area contributed by atoms with Gasteiger partial charge in [0.1, 0.15) is 17.4 Å². The van der Waals surface area contributed by atoms with Crippen LogP contribution in [0.1, 0.15) is 0 Å². The fourth-order valence-corrected chi connectivity index (χ4v) is 1.48. The molecule has 2 rings (SSSR count). The number of aromatic nitrogens is 2. The van der Waals surface area contributed by atoms with Crippen molar-refractivity contribution in [3.63, 3.8) is 0 Å². The summed E-state index contributed by atoms with van der Waals surface area (Å²) in [5.41, 5.74) is 5.67. The minimum absolute atomic E-state index is 0.358. The number of hydrogen-bond donors (Lipinski definition) is 5. The van der Waals surface area contributed by atoms with E-state index < -0.39 is 0 Å². The highest BCUT2D eigenvalue weighted by molar-refractivity contribution is 5.59. The van der Waals surface area contributed by atoms with Crippen LogP contribution in [0.3, 0.4) is 0 Å². The standard InChI is InChI=1S/C11H15N7O/c1-19-8-4-2-3-7(5-8)14-11-15-9(17-12)6-10(16-11)18-13/h2-6H,12-13H2,1H3,(H3,14,15,16,17,18). The Kier molecular flexibility index (Phi) is 3.96. The van der Waals surface area contributed by atoms with Crippen molar-refractivity contribution in [2.75, 3.05) is 23.3 Å². The molecule has 1 heterocycles. The second-order valence-electron chi connectivity index (χ2n) is 3.61. The Morgan fingerprint density at radius 2 is 1.74 bits per heavy atom. The van der Waals surface area contributed by atoms with Crippen LogP contribution in [0.15, 0.2) is 30.3 Å². The van der Waals surface area contributed by atoms with Crippen molar-refractivity contribution in [3.8, 4) is 5.75 Å². The molecule has 7 N–H and O–H groups in total. The summed E-state index contributed by atoms with van der Waals surface area (Å²) in [6.07, 6.45) is 0. The molecule has 0 aliphatic rings. The molecule has 0 aliphatic carbocycles. The quantitative estimate of drug-likeness (QED) is 0.395. The van der Waals surface area contributed by atoms with E-state index in [0.29, 0.717) is 17.6 Å². The van der Waals surface area contributed by atoms with Gasteiger partial charge >= 0.3 is 0 Å². The maximum Gasteiger partial charge on any atom is 0.231 e. The predicted molar refractivity (Wildman–Crippen MR) is 73.9 cm³/mol. The first-order chi connectivity index (χ1) is 9.25. The van der Waals surface area contributed by atoms with Crippen molar-refractivity contribution in [2.45, 2.75) is 0 Å². The summed E-state index contributed by atoms with van der Waals surface area (Å²) in [4.78, 5) is 8.31. The summed E-state index contributed by atoms with van der Waals surface area (Å²) in [6, 6.07) is 8.97. The van der Waals surface area contributed by atoms with Crippen molar-refractivity contribution in [1.82, 2.24) is 9.97 Å². The third-order valence-corrected chi connectivity index (χ3v) is 2.35. The van der Waals surface area contributed by atoms with Gasteiger partial charge in [-0.25, -0.2) is 11.7 Å². The Hall–Kier alpha value is -2.58. The van der Waals surface area contributed by atoms with Gasteiger partial charge in [-0.1, -0.05) is 6.07 Å². The van der Waals surface area contributed by atoms with Gasteiger partial charge < -0.3 is 20.9 Å². The first kappa shape index (κ1) is 12.9. The molecule has 100 valence electrons. The molecular weight excluding hydrogens is 246 g/mol. The third-order valence-electron chi connectivity index (χ3n) is 2.35. The van der Waals surface area contributed by atoms with Crippen molar-refractivity contribution < 1.29 is 4.74 Å². The lowest BCUT2D eigenvalue weighted by molar-refractivity contribution is 0.415. The van der Waals surface area contributed by atoms with E-state index in [1.807, 2.05) is 24.3 Å². The summed E-state index contributed by atoms with van der Waals surface area (Å²) in [5.74, 6) is 12.6. The summed E-state index contributed by atoms with van der Waals surface area (Å²) in [7, 11) is 1.60. The number of nitrogens with two attached hydrogens (primary N) is 2. The lowest BCUT2D eigenvalue weighted by Gasteiger charge is -2.09. The summed E-state index contributed by atoms with van der Waals surface area (Å²) in [6.45, 7) is 0. The molecule has 19 heavy (non-hydrogen) atoms.